The van der Waals surface area contributed by atoms with Crippen LogP contribution < -0.4 is 21.4 Å². The molecule has 1 heterocycles. The van der Waals surface area contributed by atoms with E-state index >= 15 is 0 Å². The summed E-state index contributed by atoms with van der Waals surface area (Å²) in [6.07, 6.45) is 2.15. The van der Waals surface area contributed by atoms with Gasteiger partial charge in [-0.2, -0.15) is 4.68 Å². The summed E-state index contributed by atoms with van der Waals surface area (Å²) in [7, 11) is 1.48. The van der Waals surface area contributed by atoms with Gasteiger partial charge in [0, 0.05) is 12.0 Å². The number of methoxy groups -OCH3 is 1. The Morgan fingerprint density at radius 3 is 2.24 bits per heavy atom. The highest BCUT2D eigenvalue weighted by molar-refractivity contribution is 6.11. The third kappa shape index (κ3) is 5.76. The first-order chi connectivity index (χ1) is 17.5. The highest BCUT2D eigenvalue weighted by Gasteiger charge is 2.40. The van der Waals surface area contributed by atoms with Crippen molar-refractivity contribution in [2.45, 2.75) is 66.5 Å². The summed E-state index contributed by atoms with van der Waals surface area (Å²) in [5.41, 5.74) is -0.691. The van der Waals surface area contributed by atoms with Crippen molar-refractivity contribution in [1.29, 1.82) is 0 Å². The van der Waals surface area contributed by atoms with E-state index in [4.69, 9.17) is 4.74 Å². The second-order valence-corrected chi connectivity index (χ2v) is 9.95. The number of aryl methyl sites for hydroxylation is 1. The molecular weight excluding hydrogens is 472 g/mol. The normalized spacial score (nSPS) is 12.3. The fourth-order valence-electron chi connectivity index (χ4n) is 4.08. The minimum Gasteiger partial charge on any atom is -0.495 e. The van der Waals surface area contributed by atoms with E-state index in [1.54, 1.807) is 63.2 Å². The molecule has 1 N–H and O–H groups in total. The van der Waals surface area contributed by atoms with Crippen LogP contribution in [0.1, 0.15) is 59.1 Å². The molecule has 1 unspecified atom stereocenters. The molecule has 1 aromatic heterocycles. The summed E-state index contributed by atoms with van der Waals surface area (Å²) in [6.45, 7) is 9.18. The second-order valence-electron chi connectivity index (χ2n) is 9.95. The Balaban J connectivity index is 2.23. The zero-order chi connectivity index (χ0) is 27.3. The molecule has 3 aromatic rings. The number of nitrogens with zero attached hydrogens (tertiary/aromatic N) is 3. The number of ether oxygens (including phenoxy) is 1. The molecule has 3 rings (SSSR count). The van der Waals surface area contributed by atoms with Gasteiger partial charge < -0.3 is 10.1 Å². The lowest BCUT2D eigenvalue weighted by Crippen LogP contribution is -2.46. The SMILES string of the molecule is CCCCn1c(=O)n(C(C(=O)Nc2cc(CC)ccc2OC)C(=O)C(C)(C)C)c(=O)n1-c1ccccc1. The molecule has 0 bridgehead atoms. The third-order valence-corrected chi connectivity index (χ3v) is 6.20. The molecule has 0 fully saturated rings. The lowest BCUT2D eigenvalue weighted by atomic mass is 9.86. The van der Waals surface area contributed by atoms with Crippen molar-refractivity contribution >= 4 is 17.4 Å². The second kappa shape index (κ2) is 11.5. The molecule has 1 atom stereocenters. The fraction of sp³-hybridized carbons (Fsp3) is 0.429. The number of rotatable bonds is 10. The maximum absolute atomic E-state index is 13.8. The summed E-state index contributed by atoms with van der Waals surface area (Å²) in [5, 5.41) is 2.75. The quantitative estimate of drug-likeness (QED) is 0.418. The van der Waals surface area contributed by atoms with Crippen molar-refractivity contribution in [3.05, 3.63) is 75.1 Å². The van der Waals surface area contributed by atoms with Gasteiger partial charge in [0.25, 0.3) is 5.91 Å². The largest absolute Gasteiger partial charge is 0.495 e. The first-order valence-electron chi connectivity index (χ1n) is 12.6. The minimum absolute atomic E-state index is 0.261. The number of para-hydroxylation sites is 1. The maximum Gasteiger partial charge on any atom is 0.353 e. The van der Waals surface area contributed by atoms with Crippen molar-refractivity contribution in [2.75, 3.05) is 12.4 Å². The molecule has 0 saturated heterocycles. The van der Waals surface area contributed by atoms with E-state index in [-0.39, 0.29) is 6.54 Å². The molecule has 1 amide bonds. The van der Waals surface area contributed by atoms with Gasteiger partial charge in [0.2, 0.25) is 0 Å². The number of carbonyl (C=O) groups excluding carboxylic acids is 2. The number of aromatic nitrogens is 3. The first kappa shape index (κ1) is 27.7. The first-order valence-corrected chi connectivity index (χ1v) is 12.6. The van der Waals surface area contributed by atoms with Crippen LogP contribution >= 0.6 is 0 Å². The number of Topliss-reactive ketones (excluding diaryl/α,β-unsaturated/α-hetero) is 1. The molecular formula is C28H36N4O5. The molecule has 37 heavy (non-hydrogen) atoms. The van der Waals surface area contributed by atoms with Crippen LogP contribution in [0.3, 0.4) is 0 Å². The number of amides is 1. The Hall–Kier alpha value is -3.88. The molecule has 0 aliphatic rings. The fourth-order valence-corrected chi connectivity index (χ4v) is 4.08. The van der Waals surface area contributed by atoms with Crippen LogP contribution in [-0.2, 0) is 22.6 Å². The number of benzene rings is 2. The predicted octanol–water partition coefficient (Wildman–Crippen LogP) is 3.97. The number of anilines is 1. The van der Waals surface area contributed by atoms with Gasteiger partial charge >= 0.3 is 11.4 Å². The smallest absolute Gasteiger partial charge is 0.353 e. The van der Waals surface area contributed by atoms with Crippen molar-refractivity contribution in [3.8, 4) is 11.4 Å². The van der Waals surface area contributed by atoms with Gasteiger partial charge in [0.15, 0.2) is 11.8 Å². The molecule has 198 valence electrons. The summed E-state index contributed by atoms with van der Waals surface area (Å²) >= 11 is 0. The lowest BCUT2D eigenvalue weighted by molar-refractivity contribution is -0.135. The highest BCUT2D eigenvalue weighted by Crippen LogP contribution is 2.29. The molecule has 9 nitrogen and oxygen atoms in total. The summed E-state index contributed by atoms with van der Waals surface area (Å²) in [4.78, 5) is 54.8. The van der Waals surface area contributed by atoms with E-state index in [1.807, 2.05) is 19.9 Å². The molecule has 0 aliphatic carbocycles. The summed E-state index contributed by atoms with van der Waals surface area (Å²) in [5.74, 6) is -0.928. The molecule has 2 aromatic carbocycles. The number of nitrogens with one attached hydrogen (secondary N) is 1. The number of hydrogen-bond donors (Lipinski definition) is 1. The van der Waals surface area contributed by atoms with E-state index in [2.05, 4.69) is 5.32 Å². The minimum atomic E-state index is -1.67. The van der Waals surface area contributed by atoms with Crippen molar-refractivity contribution in [3.63, 3.8) is 0 Å². The van der Waals surface area contributed by atoms with Crippen LogP contribution in [0.2, 0.25) is 0 Å². The van der Waals surface area contributed by atoms with E-state index in [0.29, 0.717) is 23.5 Å². The lowest BCUT2D eigenvalue weighted by Gasteiger charge is -2.24. The molecule has 0 radical (unpaired) electrons. The van der Waals surface area contributed by atoms with Crippen molar-refractivity contribution < 1.29 is 14.3 Å². The Morgan fingerprint density at radius 2 is 1.68 bits per heavy atom. The molecule has 0 saturated carbocycles. The van der Waals surface area contributed by atoms with Crippen LogP contribution in [0.15, 0.2) is 58.1 Å². The van der Waals surface area contributed by atoms with Crippen LogP contribution in [0, 0.1) is 5.41 Å². The van der Waals surface area contributed by atoms with E-state index in [9.17, 15) is 19.2 Å². The predicted molar refractivity (Wildman–Crippen MR) is 144 cm³/mol. The number of carbonyl (C=O) groups is 2. The van der Waals surface area contributed by atoms with Gasteiger partial charge in [-0.1, -0.05) is 65.3 Å². The standard InChI is InChI=1S/C28H36N4O5/c1-7-9-17-30-26(35)31(27(36)32(30)20-13-11-10-12-14-20)23(24(33)28(3,4)5)25(34)29-21-18-19(8-2)15-16-22(21)37-6/h10-16,18,23H,7-9,17H2,1-6H3,(H,29,34). The Labute approximate surface area is 216 Å². The summed E-state index contributed by atoms with van der Waals surface area (Å²) in [6, 6.07) is 12.4. The molecule has 9 heteroatoms. The Morgan fingerprint density at radius 1 is 1.00 bits per heavy atom. The van der Waals surface area contributed by atoms with E-state index in [1.165, 1.54) is 16.5 Å². The van der Waals surface area contributed by atoms with Gasteiger partial charge in [0.1, 0.15) is 5.75 Å². The third-order valence-electron chi connectivity index (χ3n) is 6.20. The van der Waals surface area contributed by atoms with Crippen LogP contribution in [0.25, 0.3) is 5.69 Å². The highest BCUT2D eigenvalue weighted by atomic mass is 16.5. The van der Waals surface area contributed by atoms with Gasteiger partial charge in [0.05, 0.1) is 18.5 Å². The van der Waals surface area contributed by atoms with Crippen molar-refractivity contribution in [2.24, 2.45) is 5.41 Å². The Bertz CT molecular complexity index is 1380. The van der Waals surface area contributed by atoms with E-state index in [0.717, 1.165) is 23.0 Å². The summed E-state index contributed by atoms with van der Waals surface area (Å²) < 4.78 is 8.72. The van der Waals surface area contributed by atoms with Gasteiger partial charge in [-0.3, -0.25) is 9.59 Å². The van der Waals surface area contributed by atoms with Gasteiger partial charge in [-0.05, 0) is 42.7 Å². The number of ketones is 1. The van der Waals surface area contributed by atoms with E-state index < -0.39 is 34.5 Å². The van der Waals surface area contributed by atoms with Crippen LogP contribution in [0.4, 0.5) is 5.69 Å². The average Bonchev–Trinajstić information content (AvgIpc) is 3.11. The van der Waals surface area contributed by atoms with Gasteiger partial charge in [-0.25, -0.2) is 18.8 Å². The van der Waals surface area contributed by atoms with Crippen LogP contribution in [0.5, 0.6) is 5.75 Å². The average molecular weight is 509 g/mol. The topological polar surface area (TPSA) is 104 Å². The monoisotopic (exact) mass is 508 g/mol. The molecule has 0 aliphatic heterocycles. The zero-order valence-electron chi connectivity index (χ0n) is 22.4. The van der Waals surface area contributed by atoms with Crippen LogP contribution in [-0.4, -0.2) is 32.7 Å². The Kier molecular flexibility index (Phi) is 8.57. The molecule has 0 spiro atoms. The maximum atomic E-state index is 13.8. The zero-order valence-corrected chi connectivity index (χ0v) is 22.4. The number of unbranched alkanes of at least 4 members (excludes halogenated alkanes) is 1. The van der Waals surface area contributed by atoms with Gasteiger partial charge in [-0.15, -0.1) is 0 Å². The van der Waals surface area contributed by atoms with Crippen molar-refractivity contribution in [1.82, 2.24) is 13.9 Å². The number of hydrogen-bond acceptors (Lipinski definition) is 5.